The average molecular weight is 182 g/mol. The van der Waals surface area contributed by atoms with Crippen molar-refractivity contribution in [2.24, 2.45) is 0 Å². The van der Waals surface area contributed by atoms with Crippen molar-refractivity contribution in [1.82, 2.24) is 0 Å². The molecule has 0 saturated carbocycles. The molecule has 0 spiro atoms. The molecular weight excluding hydrogens is 171 g/mol. The molecule has 0 amide bonds. The third-order valence-electron chi connectivity index (χ3n) is 1.90. The molecule has 0 saturated heterocycles. The summed E-state index contributed by atoms with van der Waals surface area (Å²) in [6.45, 7) is 1.77. The zero-order chi connectivity index (χ0) is 9.84. The van der Waals surface area contributed by atoms with Gasteiger partial charge < -0.3 is 5.11 Å². The second-order valence-corrected chi connectivity index (χ2v) is 3.05. The van der Waals surface area contributed by atoms with Crippen LogP contribution in [-0.2, 0) is 4.79 Å². The van der Waals surface area contributed by atoms with Gasteiger partial charge in [0.2, 0.25) is 0 Å². The fourth-order valence-corrected chi connectivity index (χ4v) is 1.19. The Bertz CT molecular complexity index is 310. The van der Waals surface area contributed by atoms with Crippen molar-refractivity contribution in [3.05, 3.63) is 35.6 Å². The van der Waals surface area contributed by atoms with Gasteiger partial charge in [0.15, 0.2) is 0 Å². The molecule has 70 valence electrons. The monoisotopic (exact) mass is 182 g/mol. The van der Waals surface area contributed by atoms with Crippen molar-refractivity contribution in [2.45, 2.75) is 19.3 Å². The maximum Gasteiger partial charge on any atom is 0.303 e. The molecule has 0 radical (unpaired) electrons. The highest BCUT2D eigenvalue weighted by molar-refractivity contribution is 5.67. The van der Waals surface area contributed by atoms with E-state index in [0.717, 1.165) is 5.56 Å². The SMILES string of the molecule is C[C@H](CC(=O)O)c1cccc(F)c1. The van der Waals surface area contributed by atoms with Gasteiger partial charge in [0.25, 0.3) is 0 Å². The molecule has 2 nitrogen and oxygen atoms in total. The number of aliphatic carboxylic acids is 1. The summed E-state index contributed by atoms with van der Waals surface area (Å²) in [6.07, 6.45) is 0.0312. The van der Waals surface area contributed by atoms with Crippen LogP contribution in [0.15, 0.2) is 24.3 Å². The highest BCUT2D eigenvalue weighted by Gasteiger charge is 2.09. The third-order valence-corrected chi connectivity index (χ3v) is 1.90. The van der Waals surface area contributed by atoms with Crippen molar-refractivity contribution in [3.8, 4) is 0 Å². The van der Waals surface area contributed by atoms with Gasteiger partial charge in [0.05, 0.1) is 6.42 Å². The fraction of sp³-hybridized carbons (Fsp3) is 0.300. The van der Waals surface area contributed by atoms with Crippen molar-refractivity contribution >= 4 is 5.97 Å². The minimum Gasteiger partial charge on any atom is -0.481 e. The lowest BCUT2D eigenvalue weighted by molar-refractivity contribution is -0.137. The van der Waals surface area contributed by atoms with Crippen LogP contribution in [0.5, 0.6) is 0 Å². The first kappa shape index (κ1) is 9.71. The predicted octanol–water partition coefficient (Wildman–Crippen LogP) is 2.40. The summed E-state index contributed by atoms with van der Waals surface area (Å²) in [6, 6.07) is 6.03. The van der Waals surface area contributed by atoms with Gasteiger partial charge in [-0.25, -0.2) is 4.39 Å². The summed E-state index contributed by atoms with van der Waals surface area (Å²) < 4.78 is 12.7. The Balaban J connectivity index is 2.76. The molecule has 3 heteroatoms. The van der Waals surface area contributed by atoms with E-state index in [4.69, 9.17) is 5.11 Å². The smallest absolute Gasteiger partial charge is 0.303 e. The maximum absolute atomic E-state index is 12.7. The van der Waals surface area contributed by atoms with E-state index in [1.165, 1.54) is 12.1 Å². The van der Waals surface area contributed by atoms with Crippen LogP contribution in [0.2, 0.25) is 0 Å². The standard InChI is InChI=1S/C10H11FO2/c1-7(5-10(12)13)8-3-2-4-9(11)6-8/h2-4,6-7H,5H2,1H3,(H,12,13)/t7-/m1/s1. The van der Waals surface area contributed by atoms with E-state index < -0.39 is 5.97 Å². The molecule has 0 bridgehead atoms. The number of hydrogen-bond donors (Lipinski definition) is 1. The van der Waals surface area contributed by atoms with Crippen molar-refractivity contribution in [1.29, 1.82) is 0 Å². The van der Waals surface area contributed by atoms with Crippen LogP contribution in [0.4, 0.5) is 4.39 Å². The van der Waals surface area contributed by atoms with Gasteiger partial charge in [-0.2, -0.15) is 0 Å². The van der Waals surface area contributed by atoms with Gasteiger partial charge in [-0.3, -0.25) is 4.79 Å². The molecular formula is C10H11FO2. The summed E-state index contributed by atoms with van der Waals surface area (Å²) in [4.78, 5) is 10.4. The predicted molar refractivity (Wildman–Crippen MR) is 47.1 cm³/mol. The molecule has 1 N–H and O–H groups in total. The van der Waals surface area contributed by atoms with Crippen LogP contribution >= 0.6 is 0 Å². The molecule has 0 heterocycles. The van der Waals surface area contributed by atoms with Crippen LogP contribution in [0, 0.1) is 5.82 Å². The topological polar surface area (TPSA) is 37.3 Å². The lowest BCUT2D eigenvalue weighted by Gasteiger charge is -2.08. The Labute approximate surface area is 76.0 Å². The molecule has 0 aromatic heterocycles. The lowest BCUT2D eigenvalue weighted by Crippen LogP contribution is -2.02. The van der Waals surface area contributed by atoms with Crippen LogP contribution in [-0.4, -0.2) is 11.1 Å². The first-order valence-corrected chi connectivity index (χ1v) is 4.07. The normalized spacial score (nSPS) is 12.5. The zero-order valence-corrected chi connectivity index (χ0v) is 7.33. The van der Waals surface area contributed by atoms with E-state index in [0.29, 0.717) is 0 Å². The Kier molecular flexibility index (Phi) is 3.01. The average Bonchev–Trinajstić information content (AvgIpc) is 2.03. The Hall–Kier alpha value is -1.38. The second-order valence-electron chi connectivity index (χ2n) is 3.05. The van der Waals surface area contributed by atoms with E-state index in [1.807, 2.05) is 0 Å². The van der Waals surface area contributed by atoms with Crippen LogP contribution < -0.4 is 0 Å². The number of carboxylic acid groups (broad SMARTS) is 1. The molecule has 1 aromatic carbocycles. The number of hydrogen-bond acceptors (Lipinski definition) is 1. The molecule has 0 fully saturated rings. The molecule has 0 aliphatic carbocycles. The van der Waals surface area contributed by atoms with E-state index in [1.54, 1.807) is 19.1 Å². The lowest BCUT2D eigenvalue weighted by atomic mass is 9.98. The highest BCUT2D eigenvalue weighted by Crippen LogP contribution is 2.19. The van der Waals surface area contributed by atoms with Gasteiger partial charge in [-0.05, 0) is 23.6 Å². The van der Waals surface area contributed by atoms with Crippen LogP contribution in [0.3, 0.4) is 0 Å². The molecule has 1 atom stereocenters. The molecule has 0 unspecified atom stereocenters. The van der Waals surface area contributed by atoms with E-state index >= 15 is 0 Å². The number of carbonyl (C=O) groups is 1. The van der Waals surface area contributed by atoms with Gasteiger partial charge >= 0.3 is 5.97 Å². The number of carboxylic acids is 1. The summed E-state index contributed by atoms with van der Waals surface area (Å²) in [5, 5.41) is 8.52. The Morgan fingerprint density at radius 2 is 2.31 bits per heavy atom. The quantitative estimate of drug-likeness (QED) is 0.779. The fourth-order valence-electron chi connectivity index (χ4n) is 1.19. The molecule has 1 aromatic rings. The summed E-state index contributed by atoms with van der Waals surface area (Å²) in [5.74, 6) is -1.33. The minimum absolute atomic E-state index is 0.0312. The molecule has 0 aliphatic rings. The Morgan fingerprint density at radius 3 is 2.85 bits per heavy atom. The van der Waals surface area contributed by atoms with Gasteiger partial charge in [-0.1, -0.05) is 19.1 Å². The van der Waals surface area contributed by atoms with Crippen LogP contribution in [0.1, 0.15) is 24.8 Å². The summed E-state index contributed by atoms with van der Waals surface area (Å²) in [7, 11) is 0. The van der Waals surface area contributed by atoms with E-state index in [2.05, 4.69) is 0 Å². The summed E-state index contributed by atoms with van der Waals surface area (Å²) in [5.41, 5.74) is 0.724. The molecule has 1 rings (SSSR count). The minimum atomic E-state index is -0.864. The first-order valence-electron chi connectivity index (χ1n) is 4.07. The number of rotatable bonds is 3. The van der Waals surface area contributed by atoms with E-state index in [9.17, 15) is 9.18 Å². The Morgan fingerprint density at radius 1 is 1.62 bits per heavy atom. The first-order chi connectivity index (χ1) is 6.09. The molecule has 0 aliphatic heterocycles. The van der Waals surface area contributed by atoms with Gasteiger partial charge in [0.1, 0.15) is 5.82 Å². The van der Waals surface area contributed by atoms with E-state index in [-0.39, 0.29) is 18.2 Å². The maximum atomic E-state index is 12.7. The zero-order valence-electron chi connectivity index (χ0n) is 7.33. The van der Waals surface area contributed by atoms with Crippen LogP contribution in [0.25, 0.3) is 0 Å². The highest BCUT2D eigenvalue weighted by atomic mass is 19.1. The largest absolute Gasteiger partial charge is 0.481 e. The third kappa shape index (κ3) is 2.86. The van der Waals surface area contributed by atoms with Crippen molar-refractivity contribution in [3.63, 3.8) is 0 Å². The summed E-state index contributed by atoms with van der Waals surface area (Å²) >= 11 is 0. The van der Waals surface area contributed by atoms with Gasteiger partial charge in [0, 0.05) is 0 Å². The second kappa shape index (κ2) is 4.03. The van der Waals surface area contributed by atoms with Crippen molar-refractivity contribution < 1.29 is 14.3 Å². The molecule has 13 heavy (non-hydrogen) atoms. The number of halogens is 1. The number of benzene rings is 1. The van der Waals surface area contributed by atoms with Crippen molar-refractivity contribution in [2.75, 3.05) is 0 Å². The van der Waals surface area contributed by atoms with Gasteiger partial charge in [-0.15, -0.1) is 0 Å².